The standard InChI is InChI=1S/C50H69N11O7/c1-31(62)56-38(27-32-13-4-2-5-14-32)43(63)57-37-20-25-53-47(67)42(50(21-11-22-50)23-12-24-54-49(51)52)60-45(65)40(29-34-30-55-36-18-9-8-17-35(34)36)58-44(64)39(28-33-15-6-3-7-16-33)59-46(66)41-19-10-26-61(41)48(37)68/h2,4-5,8-9,13-14,17-18,30,33,37-42,55H,3,6-7,10-12,15-16,19-29H2,1H3,(H,53,67)(H,56,62)(H,57,63)(H,58,64)(H,59,66)(H,60,65)(H4,51,52,54)/t37-,38-,39+,40-,41-,42+/m0/s1. The van der Waals surface area contributed by atoms with E-state index in [2.05, 4.69) is 42.2 Å². The molecule has 2 saturated carbocycles. The lowest BCUT2D eigenvalue weighted by molar-refractivity contribution is -0.142. The zero-order valence-electron chi connectivity index (χ0n) is 39.1. The fourth-order valence-electron chi connectivity index (χ4n) is 10.8. The molecule has 3 heterocycles. The van der Waals surface area contributed by atoms with Gasteiger partial charge in [0.1, 0.15) is 36.3 Å². The second-order valence-corrected chi connectivity index (χ2v) is 19.3. The summed E-state index contributed by atoms with van der Waals surface area (Å²) < 4.78 is 0. The van der Waals surface area contributed by atoms with Crippen molar-refractivity contribution in [2.75, 3.05) is 19.6 Å². The molecule has 4 fully saturated rings. The topological polar surface area (TPSA) is 273 Å². The molecule has 0 bridgehead atoms. The smallest absolute Gasteiger partial charge is 0.245 e. The van der Waals surface area contributed by atoms with Crippen LogP contribution in [0.2, 0.25) is 0 Å². The summed E-state index contributed by atoms with van der Waals surface area (Å²) in [4.78, 5) is 105. The van der Waals surface area contributed by atoms with Crippen molar-refractivity contribution in [3.63, 3.8) is 0 Å². The van der Waals surface area contributed by atoms with Crippen LogP contribution < -0.4 is 43.0 Å². The number of carbonyl (C=O) groups is 7. The summed E-state index contributed by atoms with van der Waals surface area (Å²) in [6.07, 6.45) is 11.1. The molecule has 0 unspecified atom stereocenters. The number of amides is 7. The fraction of sp³-hybridized carbons (Fsp3) is 0.560. The molecule has 2 aromatic carbocycles. The highest BCUT2D eigenvalue weighted by Gasteiger charge is 2.49. The molecule has 3 aromatic rings. The average molecular weight is 936 g/mol. The maximum absolute atomic E-state index is 14.9. The van der Waals surface area contributed by atoms with Crippen LogP contribution >= 0.6 is 0 Å². The van der Waals surface area contributed by atoms with Crippen LogP contribution in [-0.4, -0.2) is 113 Å². The van der Waals surface area contributed by atoms with Crippen LogP contribution in [0.3, 0.4) is 0 Å². The summed E-state index contributed by atoms with van der Waals surface area (Å²) in [6.45, 7) is 1.83. The third kappa shape index (κ3) is 12.5. The van der Waals surface area contributed by atoms with Crippen molar-refractivity contribution in [2.45, 2.75) is 146 Å². The van der Waals surface area contributed by atoms with E-state index in [1.165, 1.54) is 11.8 Å². The van der Waals surface area contributed by atoms with Crippen LogP contribution in [0.4, 0.5) is 0 Å². The predicted octanol–water partition coefficient (Wildman–Crippen LogP) is 2.31. The summed E-state index contributed by atoms with van der Waals surface area (Å²) in [5, 5.41) is 29.1. The first-order valence-electron chi connectivity index (χ1n) is 24.5. The number of hydrogen-bond acceptors (Lipinski definition) is 8. The molecule has 11 N–H and O–H groups in total. The van der Waals surface area contributed by atoms with Crippen LogP contribution in [0, 0.1) is 16.7 Å². The van der Waals surface area contributed by atoms with Crippen molar-refractivity contribution < 1.29 is 33.6 Å². The minimum atomic E-state index is -1.22. The largest absolute Gasteiger partial charge is 0.370 e. The molecule has 6 atom stereocenters. The van der Waals surface area contributed by atoms with E-state index in [1.807, 2.05) is 60.8 Å². The van der Waals surface area contributed by atoms with E-state index in [0.717, 1.165) is 60.6 Å². The number of rotatable bonds is 14. The minimum Gasteiger partial charge on any atom is -0.370 e. The molecule has 18 nitrogen and oxygen atoms in total. The van der Waals surface area contributed by atoms with Crippen molar-refractivity contribution >= 4 is 58.2 Å². The number of fused-ring (bicyclic) bond motifs is 2. The zero-order valence-corrected chi connectivity index (χ0v) is 39.1. The molecular formula is C50H69N11O7. The Labute approximate surface area is 397 Å². The molecule has 7 rings (SSSR count). The summed E-state index contributed by atoms with van der Waals surface area (Å²) in [5.41, 5.74) is 7.34. The van der Waals surface area contributed by atoms with Gasteiger partial charge >= 0.3 is 0 Å². The van der Waals surface area contributed by atoms with Gasteiger partial charge in [-0.15, -0.1) is 0 Å². The summed E-state index contributed by atoms with van der Waals surface area (Å²) in [7, 11) is 0. The van der Waals surface area contributed by atoms with E-state index < -0.39 is 83.0 Å². The Morgan fingerprint density at radius 1 is 0.838 bits per heavy atom. The Kier molecular flexibility index (Phi) is 16.7. The van der Waals surface area contributed by atoms with Gasteiger partial charge in [-0.3, -0.25) is 39.0 Å². The Bertz CT molecular complexity index is 2290. The number of nitrogens with zero attached hydrogens (tertiary/aromatic N) is 1. The third-order valence-electron chi connectivity index (χ3n) is 14.5. The number of nitrogens with one attached hydrogen (secondary N) is 9. The van der Waals surface area contributed by atoms with Gasteiger partial charge < -0.3 is 52.8 Å². The van der Waals surface area contributed by atoms with Crippen LogP contribution in [-0.2, 0) is 46.4 Å². The average Bonchev–Trinajstić information content (AvgIpc) is 3.97. The molecule has 7 amide bonds. The summed E-state index contributed by atoms with van der Waals surface area (Å²) in [6, 6.07) is 10.4. The van der Waals surface area contributed by atoms with Crippen molar-refractivity contribution in [1.82, 2.24) is 47.1 Å². The number of hydrogen-bond donors (Lipinski definition) is 10. The van der Waals surface area contributed by atoms with Gasteiger partial charge in [0.15, 0.2) is 5.96 Å². The predicted molar refractivity (Wildman–Crippen MR) is 256 cm³/mol. The lowest BCUT2D eigenvalue weighted by atomic mass is 9.61. The van der Waals surface area contributed by atoms with Crippen LogP contribution in [0.5, 0.6) is 0 Å². The van der Waals surface area contributed by atoms with Gasteiger partial charge in [0.05, 0.1) is 0 Å². The monoisotopic (exact) mass is 936 g/mol. The fourth-order valence-corrected chi connectivity index (χ4v) is 10.8. The van der Waals surface area contributed by atoms with E-state index in [9.17, 15) is 33.6 Å². The molecule has 2 saturated heterocycles. The van der Waals surface area contributed by atoms with Gasteiger partial charge in [-0.1, -0.05) is 87.1 Å². The van der Waals surface area contributed by atoms with Gasteiger partial charge in [-0.25, -0.2) is 0 Å². The molecular weight excluding hydrogens is 867 g/mol. The molecule has 366 valence electrons. The maximum atomic E-state index is 14.9. The number of guanidine groups is 1. The SMILES string of the molecule is CC(=O)N[C@@H](Cc1ccccc1)C(=O)N[C@H]1CCNC(=O)[C@H](C2(CCCNC(=N)N)CCC2)NC(=O)[C@H](Cc2c[nH]c3ccccc23)NC(=O)[C@@H](CC2CCCCC2)NC(=O)[C@@H]2CCCN2C1=O. The van der Waals surface area contributed by atoms with E-state index in [0.29, 0.717) is 51.5 Å². The summed E-state index contributed by atoms with van der Waals surface area (Å²) in [5.74, 6) is -3.68. The van der Waals surface area contributed by atoms with Crippen LogP contribution in [0.15, 0.2) is 60.8 Å². The molecule has 0 spiro atoms. The molecule has 1 aromatic heterocycles. The highest BCUT2D eigenvalue weighted by atomic mass is 16.2. The Morgan fingerprint density at radius 2 is 1.56 bits per heavy atom. The molecule has 0 radical (unpaired) electrons. The van der Waals surface area contributed by atoms with Crippen molar-refractivity contribution in [3.8, 4) is 0 Å². The van der Waals surface area contributed by atoms with Crippen molar-refractivity contribution in [1.29, 1.82) is 5.41 Å². The molecule has 68 heavy (non-hydrogen) atoms. The number of aromatic amines is 1. The van der Waals surface area contributed by atoms with Crippen LogP contribution in [0.25, 0.3) is 10.9 Å². The Morgan fingerprint density at radius 3 is 2.28 bits per heavy atom. The molecule has 2 aliphatic carbocycles. The number of carbonyl (C=O) groups excluding carboxylic acids is 7. The van der Waals surface area contributed by atoms with Gasteiger partial charge in [0.25, 0.3) is 0 Å². The molecule has 2 aliphatic heterocycles. The maximum Gasteiger partial charge on any atom is 0.245 e. The second-order valence-electron chi connectivity index (χ2n) is 19.3. The first kappa shape index (κ1) is 49.4. The van der Waals surface area contributed by atoms with Crippen molar-refractivity contribution in [3.05, 3.63) is 71.9 Å². The van der Waals surface area contributed by atoms with E-state index in [4.69, 9.17) is 11.1 Å². The highest BCUT2D eigenvalue weighted by Crippen LogP contribution is 2.48. The molecule has 4 aliphatic rings. The number of para-hydroxylation sites is 1. The number of aromatic nitrogens is 1. The van der Waals surface area contributed by atoms with Crippen LogP contribution in [0.1, 0.15) is 108 Å². The van der Waals surface area contributed by atoms with E-state index in [-0.39, 0.29) is 44.2 Å². The van der Waals surface area contributed by atoms with E-state index >= 15 is 0 Å². The second kappa shape index (κ2) is 23.0. The number of benzene rings is 2. The van der Waals surface area contributed by atoms with Crippen molar-refractivity contribution in [2.24, 2.45) is 17.1 Å². The highest BCUT2D eigenvalue weighted by molar-refractivity contribution is 5.98. The minimum absolute atomic E-state index is 0.0665. The Hall–Kier alpha value is -6.46. The lowest BCUT2D eigenvalue weighted by Gasteiger charge is -2.47. The van der Waals surface area contributed by atoms with Gasteiger partial charge in [0, 0.05) is 56.5 Å². The van der Waals surface area contributed by atoms with Gasteiger partial charge in [-0.2, -0.15) is 0 Å². The first-order chi connectivity index (χ1) is 32.8. The number of H-pyrrole nitrogens is 1. The Balaban J connectivity index is 1.24. The zero-order chi connectivity index (χ0) is 48.2. The normalized spacial score (nSPS) is 24.5. The van der Waals surface area contributed by atoms with Gasteiger partial charge in [0.2, 0.25) is 41.4 Å². The third-order valence-corrected chi connectivity index (χ3v) is 14.5. The summed E-state index contributed by atoms with van der Waals surface area (Å²) >= 11 is 0. The van der Waals surface area contributed by atoms with Gasteiger partial charge in [-0.05, 0) is 79.9 Å². The number of nitrogens with two attached hydrogens (primary N) is 1. The van der Waals surface area contributed by atoms with E-state index in [1.54, 1.807) is 0 Å². The quantitative estimate of drug-likeness (QED) is 0.0645. The molecule has 18 heteroatoms. The lowest BCUT2D eigenvalue weighted by Crippen LogP contribution is -2.63. The first-order valence-corrected chi connectivity index (χ1v) is 24.5.